The van der Waals surface area contributed by atoms with E-state index in [1.807, 2.05) is 30.3 Å². The van der Waals surface area contributed by atoms with Gasteiger partial charge in [0, 0.05) is 13.8 Å². The highest BCUT2D eigenvalue weighted by Gasteiger charge is 2.37. The molecular formula is C25H36O6. The van der Waals surface area contributed by atoms with Gasteiger partial charge in [-0.25, -0.2) is 0 Å². The molecule has 0 saturated heterocycles. The molecule has 1 aromatic carbocycles. The van der Waals surface area contributed by atoms with Gasteiger partial charge in [0.25, 0.3) is 0 Å². The van der Waals surface area contributed by atoms with Crippen molar-refractivity contribution in [2.24, 2.45) is 5.92 Å². The molecule has 0 amide bonds. The van der Waals surface area contributed by atoms with Crippen LogP contribution in [-0.2, 0) is 35.1 Å². The Kier molecular flexibility index (Phi) is 10.2. The number of rotatable bonds is 11. The summed E-state index contributed by atoms with van der Waals surface area (Å²) in [5, 5.41) is 0. The van der Waals surface area contributed by atoms with Crippen molar-refractivity contribution in [1.82, 2.24) is 0 Å². The molecule has 172 valence electrons. The summed E-state index contributed by atoms with van der Waals surface area (Å²) in [6.45, 7) is 8.64. The van der Waals surface area contributed by atoms with E-state index in [9.17, 15) is 9.59 Å². The highest BCUT2D eigenvalue weighted by Crippen LogP contribution is 2.32. The number of benzene rings is 1. The van der Waals surface area contributed by atoms with E-state index < -0.39 is 5.60 Å². The summed E-state index contributed by atoms with van der Waals surface area (Å²) >= 11 is 0. The maximum Gasteiger partial charge on any atom is 0.302 e. The molecule has 1 heterocycles. The quantitative estimate of drug-likeness (QED) is 0.376. The molecule has 1 aliphatic heterocycles. The lowest BCUT2D eigenvalue weighted by Gasteiger charge is -2.36. The van der Waals surface area contributed by atoms with Crippen LogP contribution in [0.5, 0.6) is 0 Å². The molecule has 1 unspecified atom stereocenters. The topological polar surface area (TPSA) is 71.1 Å². The Bertz CT molecular complexity index is 729. The first kappa shape index (κ1) is 25.1. The molecule has 0 N–H and O–H groups in total. The molecule has 0 bridgehead atoms. The number of hydrogen-bond donors (Lipinski definition) is 0. The summed E-state index contributed by atoms with van der Waals surface area (Å²) in [7, 11) is 0. The van der Waals surface area contributed by atoms with Gasteiger partial charge in [0.2, 0.25) is 0 Å². The fourth-order valence-corrected chi connectivity index (χ4v) is 3.62. The van der Waals surface area contributed by atoms with Crippen molar-refractivity contribution < 1.29 is 28.5 Å². The largest absolute Gasteiger partial charge is 0.466 e. The molecule has 0 fully saturated rings. The minimum Gasteiger partial charge on any atom is -0.466 e. The van der Waals surface area contributed by atoms with Crippen LogP contribution in [-0.4, -0.2) is 43.5 Å². The van der Waals surface area contributed by atoms with Crippen molar-refractivity contribution in [1.29, 1.82) is 0 Å². The van der Waals surface area contributed by atoms with Gasteiger partial charge in [-0.2, -0.15) is 0 Å². The smallest absolute Gasteiger partial charge is 0.302 e. The lowest BCUT2D eigenvalue weighted by Crippen LogP contribution is -2.43. The van der Waals surface area contributed by atoms with Gasteiger partial charge in [-0.15, -0.1) is 0 Å². The summed E-state index contributed by atoms with van der Waals surface area (Å²) in [5.41, 5.74) is 1.61. The van der Waals surface area contributed by atoms with Gasteiger partial charge in [0.05, 0.1) is 31.5 Å². The van der Waals surface area contributed by atoms with Gasteiger partial charge >= 0.3 is 11.9 Å². The van der Waals surface area contributed by atoms with Crippen LogP contribution in [0.3, 0.4) is 0 Å². The standard InChI is InChI=1S/C25H36O6/c1-19(15-28-20(2)26)9-8-14-25(4)24(30-16-22-10-6-5-7-11-22)13-12-23(18-31-25)17-29-21(3)27/h5-7,10-12,19,24H,8-9,13-18H2,1-4H3/t19?,24-,25+/m0/s1. The summed E-state index contributed by atoms with van der Waals surface area (Å²) < 4.78 is 22.9. The van der Waals surface area contributed by atoms with E-state index in [1.54, 1.807) is 0 Å². The number of carbonyl (C=O) groups excluding carboxylic acids is 2. The fourth-order valence-electron chi connectivity index (χ4n) is 3.62. The molecule has 6 nitrogen and oxygen atoms in total. The second-order valence-corrected chi connectivity index (χ2v) is 8.56. The number of esters is 2. The first-order valence-corrected chi connectivity index (χ1v) is 11.0. The number of hydrogen-bond acceptors (Lipinski definition) is 6. The first-order valence-electron chi connectivity index (χ1n) is 11.0. The number of carbonyl (C=O) groups is 2. The molecule has 0 aliphatic carbocycles. The van der Waals surface area contributed by atoms with Crippen molar-refractivity contribution in [3.05, 3.63) is 47.5 Å². The molecule has 1 aromatic rings. The van der Waals surface area contributed by atoms with Crippen molar-refractivity contribution >= 4 is 11.9 Å². The van der Waals surface area contributed by atoms with Crippen molar-refractivity contribution in [2.45, 2.75) is 71.7 Å². The predicted molar refractivity (Wildman–Crippen MR) is 118 cm³/mol. The Morgan fingerprint density at radius 2 is 1.84 bits per heavy atom. The third-order valence-corrected chi connectivity index (χ3v) is 5.59. The molecule has 1 aliphatic rings. The van der Waals surface area contributed by atoms with Crippen LogP contribution in [0.2, 0.25) is 0 Å². The summed E-state index contributed by atoms with van der Waals surface area (Å²) in [4.78, 5) is 22.2. The van der Waals surface area contributed by atoms with Gasteiger partial charge in [0.1, 0.15) is 6.61 Å². The molecular weight excluding hydrogens is 396 g/mol. The zero-order chi connectivity index (χ0) is 22.7. The van der Waals surface area contributed by atoms with Crippen LogP contribution in [0.15, 0.2) is 42.0 Å². The normalized spacial score (nSPS) is 22.2. The van der Waals surface area contributed by atoms with Crippen LogP contribution >= 0.6 is 0 Å². The molecule has 31 heavy (non-hydrogen) atoms. The predicted octanol–water partition coefficient (Wildman–Crippen LogP) is 4.61. The van der Waals surface area contributed by atoms with Crippen molar-refractivity contribution in [3.63, 3.8) is 0 Å². The minimum atomic E-state index is -0.468. The molecule has 0 saturated carbocycles. The van der Waals surface area contributed by atoms with E-state index in [1.165, 1.54) is 13.8 Å². The Labute approximate surface area is 185 Å². The molecule has 0 radical (unpaired) electrons. The van der Waals surface area contributed by atoms with Crippen LogP contribution < -0.4 is 0 Å². The monoisotopic (exact) mass is 432 g/mol. The summed E-state index contributed by atoms with van der Waals surface area (Å²) in [6.07, 6.45) is 5.35. The van der Waals surface area contributed by atoms with E-state index in [-0.39, 0.29) is 24.6 Å². The van der Waals surface area contributed by atoms with E-state index in [0.29, 0.717) is 32.2 Å². The summed E-state index contributed by atoms with van der Waals surface area (Å²) in [5.74, 6) is -0.252. The van der Waals surface area contributed by atoms with E-state index in [0.717, 1.165) is 30.4 Å². The fraction of sp³-hybridized carbons (Fsp3) is 0.600. The Morgan fingerprint density at radius 1 is 1.13 bits per heavy atom. The Morgan fingerprint density at radius 3 is 2.52 bits per heavy atom. The number of ether oxygens (including phenoxy) is 4. The molecule has 0 spiro atoms. The second-order valence-electron chi connectivity index (χ2n) is 8.56. The van der Waals surface area contributed by atoms with E-state index in [4.69, 9.17) is 18.9 Å². The van der Waals surface area contributed by atoms with Crippen LogP contribution in [0, 0.1) is 5.92 Å². The minimum absolute atomic E-state index is 0.119. The maximum atomic E-state index is 11.2. The third kappa shape index (κ3) is 9.23. The molecule has 6 heteroatoms. The Hall–Kier alpha value is -2.18. The third-order valence-electron chi connectivity index (χ3n) is 5.59. The van der Waals surface area contributed by atoms with Gasteiger partial charge in [-0.1, -0.05) is 49.8 Å². The first-order chi connectivity index (χ1) is 14.8. The van der Waals surface area contributed by atoms with Crippen LogP contribution in [0.1, 0.15) is 58.9 Å². The lowest BCUT2D eigenvalue weighted by molar-refractivity contribution is -0.144. The maximum absolute atomic E-state index is 11.2. The highest BCUT2D eigenvalue weighted by atomic mass is 16.6. The van der Waals surface area contributed by atoms with Gasteiger partial charge < -0.3 is 18.9 Å². The van der Waals surface area contributed by atoms with E-state index in [2.05, 4.69) is 19.9 Å². The van der Waals surface area contributed by atoms with Crippen molar-refractivity contribution in [3.8, 4) is 0 Å². The average Bonchev–Trinajstić information content (AvgIpc) is 2.89. The van der Waals surface area contributed by atoms with Crippen LogP contribution in [0.25, 0.3) is 0 Å². The SMILES string of the molecule is CC(=O)OCC1=CC[C@H](OCc2ccccc2)[C@@](C)(CCCC(C)COC(C)=O)OC1. The zero-order valence-electron chi connectivity index (χ0n) is 19.2. The lowest BCUT2D eigenvalue weighted by atomic mass is 9.88. The second kappa shape index (κ2) is 12.6. The summed E-state index contributed by atoms with van der Waals surface area (Å²) in [6, 6.07) is 10.1. The van der Waals surface area contributed by atoms with E-state index >= 15 is 0 Å². The Balaban J connectivity index is 1.99. The van der Waals surface area contributed by atoms with Gasteiger partial charge in [-0.3, -0.25) is 9.59 Å². The van der Waals surface area contributed by atoms with Gasteiger partial charge in [-0.05, 0) is 43.2 Å². The molecule has 0 aromatic heterocycles. The zero-order valence-corrected chi connectivity index (χ0v) is 19.2. The average molecular weight is 433 g/mol. The van der Waals surface area contributed by atoms with Crippen LogP contribution in [0.4, 0.5) is 0 Å². The van der Waals surface area contributed by atoms with Crippen molar-refractivity contribution in [2.75, 3.05) is 19.8 Å². The highest BCUT2D eigenvalue weighted by molar-refractivity contribution is 5.66. The molecule has 3 atom stereocenters. The van der Waals surface area contributed by atoms with Gasteiger partial charge in [0.15, 0.2) is 0 Å². The molecule has 2 rings (SSSR count).